The molecule has 1 N–H and O–H groups in total. The molecule has 1 amide bonds. The fourth-order valence-corrected chi connectivity index (χ4v) is 2.50. The molecule has 0 aliphatic carbocycles. The Kier molecular flexibility index (Phi) is 4.96. The molecule has 3 nitrogen and oxygen atoms in total. The van der Waals surface area contributed by atoms with Gasteiger partial charge < -0.3 is 10.1 Å². The van der Waals surface area contributed by atoms with Crippen LogP contribution in [0.1, 0.15) is 28.9 Å². The predicted molar refractivity (Wildman–Crippen MR) is 83.0 cm³/mol. The number of amides is 1. The molecule has 1 atom stereocenters. The monoisotopic (exact) mass is 351 g/mol. The molecule has 0 spiro atoms. The van der Waals surface area contributed by atoms with Crippen molar-refractivity contribution in [2.75, 3.05) is 7.11 Å². The van der Waals surface area contributed by atoms with Crippen LogP contribution in [0.3, 0.4) is 0 Å². The van der Waals surface area contributed by atoms with Crippen LogP contribution in [0.15, 0.2) is 46.9 Å². The van der Waals surface area contributed by atoms with Gasteiger partial charge in [0.1, 0.15) is 11.6 Å². The van der Waals surface area contributed by atoms with Crippen molar-refractivity contribution in [2.24, 2.45) is 0 Å². The number of methoxy groups -OCH3 is 1. The number of hydrogen-bond acceptors (Lipinski definition) is 2. The van der Waals surface area contributed by atoms with Gasteiger partial charge in [-0.3, -0.25) is 4.79 Å². The summed E-state index contributed by atoms with van der Waals surface area (Å²) in [7, 11) is 1.58. The highest BCUT2D eigenvalue weighted by Crippen LogP contribution is 2.22. The lowest BCUT2D eigenvalue weighted by molar-refractivity contribution is 0.0935. The molecule has 0 fully saturated rings. The Bertz CT molecular complexity index is 640. The first-order valence-electron chi connectivity index (χ1n) is 6.41. The second-order valence-electron chi connectivity index (χ2n) is 4.57. The number of rotatable bonds is 4. The maximum absolute atomic E-state index is 13.8. The molecule has 110 valence electrons. The van der Waals surface area contributed by atoms with E-state index in [2.05, 4.69) is 21.2 Å². The highest BCUT2D eigenvalue weighted by atomic mass is 79.9. The van der Waals surface area contributed by atoms with Crippen molar-refractivity contribution in [2.45, 2.75) is 13.0 Å². The van der Waals surface area contributed by atoms with E-state index in [1.165, 1.54) is 6.07 Å². The Morgan fingerprint density at radius 2 is 2.00 bits per heavy atom. The molecule has 0 radical (unpaired) electrons. The number of carbonyl (C=O) groups excluding carboxylic acids is 1. The van der Waals surface area contributed by atoms with Gasteiger partial charge in [-0.1, -0.05) is 18.2 Å². The van der Waals surface area contributed by atoms with Crippen molar-refractivity contribution in [1.29, 1.82) is 0 Å². The fraction of sp³-hybridized carbons (Fsp3) is 0.188. The topological polar surface area (TPSA) is 38.3 Å². The smallest absolute Gasteiger partial charge is 0.255 e. The average molecular weight is 352 g/mol. The van der Waals surface area contributed by atoms with Gasteiger partial charge in [0, 0.05) is 4.47 Å². The van der Waals surface area contributed by atoms with Gasteiger partial charge in [0.25, 0.3) is 5.91 Å². The number of carbonyl (C=O) groups is 1. The van der Waals surface area contributed by atoms with E-state index in [4.69, 9.17) is 4.74 Å². The van der Waals surface area contributed by atoms with Gasteiger partial charge in [0.15, 0.2) is 0 Å². The lowest BCUT2D eigenvalue weighted by atomic mass is 10.1. The van der Waals surface area contributed by atoms with E-state index in [-0.39, 0.29) is 11.6 Å². The lowest BCUT2D eigenvalue weighted by Crippen LogP contribution is -2.27. The van der Waals surface area contributed by atoms with Crippen molar-refractivity contribution in [3.8, 4) is 5.75 Å². The summed E-state index contributed by atoms with van der Waals surface area (Å²) in [6, 6.07) is 11.6. The van der Waals surface area contributed by atoms with Crippen LogP contribution in [0.2, 0.25) is 0 Å². The second kappa shape index (κ2) is 6.72. The molecule has 0 heterocycles. The third kappa shape index (κ3) is 3.61. The van der Waals surface area contributed by atoms with Crippen molar-refractivity contribution in [3.05, 3.63) is 63.9 Å². The SMILES string of the molecule is COc1cccc(C(C)NC(=O)c2c(F)cccc2Br)c1. The van der Waals surface area contributed by atoms with Gasteiger partial charge in [-0.05, 0) is 52.7 Å². The summed E-state index contributed by atoms with van der Waals surface area (Å²) in [5, 5.41) is 2.78. The standard InChI is InChI=1S/C16H15BrFNO2/c1-10(11-5-3-6-12(9-11)21-2)19-16(20)15-13(17)7-4-8-14(15)18/h3-10H,1-2H3,(H,19,20). The number of hydrogen-bond donors (Lipinski definition) is 1. The van der Waals surface area contributed by atoms with Gasteiger partial charge >= 0.3 is 0 Å². The second-order valence-corrected chi connectivity index (χ2v) is 5.42. The number of halogens is 2. The summed E-state index contributed by atoms with van der Waals surface area (Å²) in [6.45, 7) is 1.83. The van der Waals surface area contributed by atoms with E-state index in [1.54, 1.807) is 19.2 Å². The zero-order valence-electron chi connectivity index (χ0n) is 11.7. The number of ether oxygens (including phenoxy) is 1. The van der Waals surface area contributed by atoms with Crippen LogP contribution >= 0.6 is 15.9 Å². The lowest BCUT2D eigenvalue weighted by Gasteiger charge is -2.16. The zero-order chi connectivity index (χ0) is 15.4. The van der Waals surface area contributed by atoms with Crippen LogP contribution in [0.5, 0.6) is 5.75 Å². The van der Waals surface area contributed by atoms with Crippen LogP contribution in [-0.2, 0) is 0 Å². The predicted octanol–water partition coefficient (Wildman–Crippen LogP) is 4.09. The highest BCUT2D eigenvalue weighted by molar-refractivity contribution is 9.10. The maximum Gasteiger partial charge on any atom is 0.255 e. The molecule has 5 heteroatoms. The van der Waals surface area contributed by atoms with Gasteiger partial charge in [-0.2, -0.15) is 0 Å². The molecule has 21 heavy (non-hydrogen) atoms. The summed E-state index contributed by atoms with van der Waals surface area (Å²) in [5.41, 5.74) is 0.891. The minimum absolute atomic E-state index is 0.00671. The van der Waals surface area contributed by atoms with Crippen LogP contribution in [-0.4, -0.2) is 13.0 Å². The van der Waals surface area contributed by atoms with Gasteiger partial charge in [-0.15, -0.1) is 0 Å². The summed E-state index contributed by atoms with van der Waals surface area (Å²) in [4.78, 5) is 12.2. The van der Waals surface area contributed by atoms with Gasteiger partial charge in [0.05, 0.1) is 18.7 Å². The molecule has 0 bridgehead atoms. The normalized spacial score (nSPS) is 11.8. The van der Waals surface area contributed by atoms with E-state index < -0.39 is 11.7 Å². The molecule has 2 rings (SSSR count). The summed E-state index contributed by atoms with van der Waals surface area (Å²) in [5.74, 6) is -0.310. The molecule has 1 unspecified atom stereocenters. The summed E-state index contributed by atoms with van der Waals surface area (Å²) >= 11 is 3.20. The molecular formula is C16H15BrFNO2. The van der Waals surface area contributed by atoms with E-state index in [0.29, 0.717) is 10.2 Å². The van der Waals surface area contributed by atoms with Crippen molar-refractivity contribution in [1.82, 2.24) is 5.32 Å². The first-order valence-corrected chi connectivity index (χ1v) is 7.21. The minimum atomic E-state index is -0.556. The van der Waals surface area contributed by atoms with E-state index >= 15 is 0 Å². The summed E-state index contributed by atoms with van der Waals surface area (Å²) < 4.78 is 19.3. The Morgan fingerprint density at radius 1 is 1.29 bits per heavy atom. The van der Waals surface area contributed by atoms with E-state index in [9.17, 15) is 9.18 Å². The Labute approximate surface area is 131 Å². The van der Waals surface area contributed by atoms with Gasteiger partial charge in [-0.25, -0.2) is 4.39 Å². The maximum atomic E-state index is 13.8. The molecular weight excluding hydrogens is 337 g/mol. The molecule has 2 aromatic carbocycles. The van der Waals surface area contributed by atoms with Crippen molar-refractivity contribution < 1.29 is 13.9 Å². The quantitative estimate of drug-likeness (QED) is 0.900. The van der Waals surface area contributed by atoms with Crippen LogP contribution in [0.4, 0.5) is 4.39 Å². The molecule has 0 aromatic heterocycles. The Morgan fingerprint density at radius 3 is 2.67 bits per heavy atom. The van der Waals surface area contributed by atoms with Crippen LogP contribution < -0.4 is 10.1 Å². The molecule has 2 aromatic rings. The number of nitrogens with one attached hydrogen (secondary N) is 1. The van der Waals surface area contributed by atoms with Crippen LogP contribution in [0, 0.1) is 5.82 Å². The van der Waals surface area contributed by atoms with Crippen LogP contribution in [0.25, 0.3) is 0 Å². The Hall–Kier alpha value is -1.88. The third-order valence-corrected chi connectivity index (χ3v) is 3.79. The largest absolute Gasteiger partial charge is 0.497 e. The zero-order valence-corrected chi connectivity index (χ0v) is 13.3. The first kappa shape index (κ1) is 15.5. The minimum Gasteiger partial charge on any atom is -0.497 e. The number of benzene rings is 2. The summed E-state index contributed by atoms with van der Waals surface area (Å²) in [6.07, 6.45) is 0. The molecule has 0 saturated carbocycles. The fourth-order valence-electron chi connectivity index (χ4n) is 1.98. The average Bonchev–Trinajstić information content (AvgIpc) is 2.47. The molecule has 0 saturated heterocycles. The molecule has 0 aliphatic heterocycles. The highest BCUT2D eigenvalue weighted by Gasteiger charge is 2.18. The van der Waals surface area contributed by atoms with E-state index in [0.717, 1.165) is 5.56 Å². The Balaban J connectivity index is 2.19. The van der Waals surface area contributed by atoms with E-state index in [1.807, 2.05) is 31.2 Å². The van der Waals surface area contributed by atoms with Gasteiger partial charge in [0.2, 0.25) is 0 Å². The van der Waals surface area contributed by atoms with Crippen molar-refractivity contribution >= 4 is 21.8 Å². The third-order valence-electron chi connectivity index (χ3n) is 3.13. The molecule has 0 aliphatic rings. The van der Waals surface area contributed by atoms with Crippen molar-refractivity contribution in [3.63, 3.8) is 0 Å². The first-order chi connectivity index (χ1) is 10.0.